The fourth-order valence-electron chi connectivity index (χ4n) is 3.47. The highest BCUT2D eigenvalue weighted by Crippen LogP contribution is 2.34. The van der Waals surface area contributed by atoms with Gasteiger partial charge in [-0.1, -0.05) is 34.1 Å². The van der Waals surface area contributed by atoms with E-state index in [0.717, 1.165) is 5.39 Å². The maximum absolute atomic E-state index is 13.2. The molecule has 2 heterocycles. The highest BCUT2D eigenvalue weighted by atomic mass is 79.9. The molecule has 1 N–H and O–H groups in total. The fourth-order valence-corrected chi connectivity index (χ4v) is 3.82. The molecule has 0 spiro atoms. The Labute approximate surface area is 173 Å². The van der Waals surface area contributed by atoms with E-state index in [2.05, 4.69) is 15.9 Å². The van der Waals surface area contributed by atoms with Crippen molar-refractivity contribution in [2.24, 2.45) is 0 Å². The van der Waals surface area contributed by atoms with Crippen molar-refractivity contribution < 1.29 is 19.2 Å². The van der Waals surface area contributed by atoms with Crippen molar-refractivity contribution in [3.05, 3.63) is 86.2 Å². The lowest BCUT2D eigenvalue weighted by atomic mass is 10.1. The Morgan fingerprint density at radius 1 is 1.21 bits per heavy atom. The summed E-state index contributed by atoms with van der Waals surface area (Å²) in [4.78, 5) is 24.1. The topological polar surface area (TPSA) is 98.5 Å². The molecule has 0 bridgehead atoms. The first kappa shape index (κ1) is 19.1. The van der Waals surface area contributed by atoms with E-state index in [9.17, 15) is 20.0 Å². The highest BCUT2D eigenvalue weighted by Gasteiger charge is 2.24. The van der Waals surface area contributed by atoms with Gasteiger partial charge in [-0.15, -0.1) is 0 Å². The minimum atomic E-state index is -0.499. The predicted molar refractivity (Wildman–Crippen MR) is 111 cm³/mol. The molecule has 0 radical (unpaired) electrons. The van der Waals surface area contributed by atoms with Gasteiger partial charge < -0.3 is 9.52 Å². The van der Waals surface area contributed by atoms with Crippen LogP contribution in [0.5, 0.6) is 0 Å². The summed E-state index contributed by atoms with van der Waals surface area (Å²) in [6.07, 6.45) is 0. The molecule has 2 aromatic heterocycles. The Morgan fingerprint density at radius 3 is 2.69 bits per heavy atom. The molecule has 8 heteroatoms. The molecule has 2 aromatic carbocycles. The molecule has 0 aliphatic rings. The second-order valence-electron chi connectivity index (χ2n) is 6.46. The maximum atomic E-state index is 13.2. The third-order valence-corrected chi connectivity index (χ3v) is 5.34. The summed E-state index contributed by atoms with van der Waals surface area (Å²) in [5.41, 5.74) is 2.10. The van der Waals surface area contributed by atoms with E-state index in [1.54, 1.807) is 25.1 Å². The number of carbonyl (C=O) groups excluding carboxylic acids is 1. The van der Waals surface area contributed by atoms with Gasteiger partial charge in [0, 0.05) is 27.2 Å². The van der Waals surface area contributed by atoms with Crippen molar-refractivity contribution >= 4 is 38.4 Å². The number of carbonyl (C=O) groups is 1. The van der Waals surface area contributed by atoms with E-state index < -0.39 is 10.8 Å². The van der Waals surface area contributed by atoms with E-state index in [0.29, 0.717) is 21.2 Å². The van der Waals surface area contributed by atoms with Crippen LogP contribution < -0.4 is 0 Å². The number of rotatable bonds is 4. The molecule has 4 rings (SSSR count). The van der Waals surface area contributed by atoms with Crippen LogP contribution in [0.4, 0.5) is 5.69 Å². The number of aliphatic hydroxyl groups is 1. The van der Waals surface area contributed by atoms with Gasteiger partial charge in [-0.2, -0.15) is 0 Å². The smallest absolute Gasteiger partial charge is 0.298 e. The molecule has 0 atom stereocenters. The van der Waals surface area contributed by atoms with Crippen LogP contribution in [0.25, 0.3) is 22.2 Å². The number of fused-ring (bicyclic) bond motifs is 1. The molecule has 0 saturated heterocycles. The first-order valence-corrected chi connectivity index (χ1v) is 9.50. The largest absolute Gasteiger partial charge is 0.451 e. The van der Waals surface area contributed by atoms with Crippen molar-refractivity contribution in [1.82, 2.24) is 4.57 Å². The Bertz CT molecular complexity index is 1270. The molecule has 4 aromatic rings. The van der Waals surface area contributed by atoms with Crippen LogP contribution in [-0.2, 0) is 6.61 Å². The summed E-state index contributed by atoms with van der Waals surface area (Å²) >= 11 is 3.22. The van der Waals surface area contributed by atoms with Crippen LogP contribution in [0.2, 0.25) is 0 Å². The molecule has 0 saturated carbocycles. The molecule has 0 aliphatic carbocycles. The zero-order chi connectivity index (χ0) is 20.7. The minimum Gasteiger partial charge on any atom is -0.451 e. The van der Waals surface area contributed by atoms with Gasteiger partial charge in [0.05, 0.1) is 22.6 Å². The van der Waals surface area contributed by atoms with Gasteiger partial charge in [0.2, 0.25) is 0 Å². The number of hydrogen-bond donors (Lipinski definition) is 1. The summed E-state index contributed by atoms with van der Waals surface area (Å²) in [5, 5.41) is 21.9. The SMILES string of the molecule is Cc1c(CO)c2ccccc2n1C(=O)c1ccc(-c2ccc(Br)cc2[N+](=O)[O-])o1. The second-order valence-corrected chi connectivity index (χ2v) is 7.38. The molecule has 7 nitrogen and oxygen atoms in total. The zero-order valence-corrected chi connectivity index (χ0v) is 16.8. The lowest BCUT2D eigenvalue weighted by Gasteiger charge is -2.05. The maximum Gasteiger partial charge on any atom is 0.298 e. The minimum absolute atomic E-state index is 0.0468. The van der Waals surface area contributed by atoms with Crippen LogP contribution >= 0.6 is 15.9 Å². The van der Waals surface area contributed by atoms with Crippen LogP contribution in [0.3, 0.4) is 0 Å². The lowest BCUT2D eigenvalue weighted by molar-refractivity contribution is -0.384. The third-order valence-electron chi connectivity index (χ3n) is 4.84. The van der Waals surface area contributed by atoms with E-state index in [1.807, 2.05) is 18.2 Å². The summed E-state index contributed by atoms with van der Waals surface area (Å²) in [6, 6.07) is 14.9. The fraction of sp³-hybridized carbons (Fsp3) is 0.0952. The third kappa shape index (κ3) is 3.16. The van der Waals surface area contributed by atoms with Crippen molar-refractivity contribution in [2.45, 2.75) is 13.5 Å². The molecule has 0 fully saturated rings. The van der Waals surface area contributed by atoms with E-state index in [-0.39, 0.29) is 29.4 Å². The second kappa shape index (κ2) is 7.31. The first-order valence-electron chi connectivity index (χ1n) is 8.71. The van der Waals surface area contributed by atoms with Crippen LogP contribution in [0.15, 0.2) is 63.5 Å². The summed E-state index contributed by atoms with van der Waals surface area (Å²) in [6.45, 7) is 1.56. The van der Waals surface area contributed by atoms with E-state index in [4.69, 9.17) is 4.42 Å². The van der Waals surface area contributed by atoms with E-state index >= 15 is 0 Å². The molecule has 0 amide bonds. The Kier molecular flexibility index (Phi) is 4.81. The van der Waals surface area contributed by atoms with Crippen molar-refractivity contribution in [1.29, 1.82) is 0 Å². The number of nitro benzene ring substituents is 1. The van der Waals surface area contributed by atoms with Crippen molar-refractivity contribution in [2.75, 3.05) is 0 Å². The molecule has 0 aliphatic heterocycles. The molecular formula is C21H15BrN2O5. The molecular weight excluding hydrogens is 440 g/mol. The Morgan fingerprint density at radius 2 is 1.97 bits per heavy atom. The monoisotopic (exact) mass is 454 g/mol. The standard InChI is InChI=1S/C21H15BrN2O5/c1-12-16(11-25)14-4-2-3-5-17(14)23(12)21(26)20-9-8-19(29-20)15-7-6-13(22)10-18(15)24(27)28/h2-10,25H,11H2,1H3. The van der Waals surface area contributed by atoms with E-state index in [1.165, 1.54) is 22.8 Å². The van der Waals surface area contributed by atoms with Gasteiger partial charge in [0.1, 0.15) is 5.76 Å². The lowest BCUT2D eigenvalue weighted by Crippen LogP contribution is -2.12. The quantitative estimate of drug-likeness (QED) is 0.343. The molecule has 29 heavy (non-hydrogen) atoms. The number of furan rings is 1. The normalized spacial score (nSPS) is 11.1. The van der Waals surface area contributed by atoms with Gasteiger partial charge >= 0.3 is 0 Å². The van der Waals surface area contributed by atoms with Gasteiger partial charge in [-0.05, 0) is 37.3 Å². The van der Waals surface area contributed by atoms with Crippen molar-refractivity contribution in [3.63, 3.8) is 0 Å². The highest BCUT2D eigenvalue weighted by molar-refractivity contribution is 9.10. The summed E-state index contributed by atoms with van der Waals surface area (Å²) < 4.78 is 7.77. The Hall–Kier alpha value is -3.23. The zero-order valence-electron chi connectivity index (χ0n) is 15.3. The van der Waals surface area contributed by atoms with Crippen molar-refractivity contribution in [3.8, 4) is 11.3 Å². The van der Waals surface area contributed by atoms with Crippen LogP contribution in [0, 0.1) is 17.0 Å². The van der Waals surface area contributed by atoms with Gasteiger partial charge in [0.15, 0.2) is 5.76 Å². The average Bonchev–Trinajstić information content (AvgIpc) is 3.29. The van der Waals surface area contributed by atoms with Crippen LogP contribution in [0.1, 0.15) is 21.8 Å². The Balaban J connectivity index is 1.81. The van der Waals surface area contributed by atoms with Gasteiger partial charge in [-0.3, -0.25) is 19.5 Å². The number of para-hydroxylation sites is 1. The summed E-state index contributed by atoms with van der Waals surface area (Å²) in [5.74, 6) is -0.140. The summed E-state index contributed by atoms with van der Waals surface area (Å²) in [7, 11) is 0. The number of nitrogens with zero attached hydrogens (tertiary/aromatic N) is 2. The number of nitro groups is 1. The number of aromatic nitrogens is 1. The predicted octanol–water partition coefficient (Wildman–Crippen LogP) is 5.06. The molecule has 146 valence electrons. The van der Waals surface area contributed by atoms with Crippen LogP contribution in [-0.4, -0.2) is 20.5 Å². The van der Waals surface area contributed by atoms with Gasteiger partial charge in [-0.25, -0.2) is 0 Å². The number of benzene rings is 2. The number of halogens is 1. The first-order chi connectivity index (χ1) is 13.9. The number of aliphatic hydroxyl groups excluding tert-OH is 1. The number of hydrogen-bond acceptors (Lipinski definition) is 5. The molecule has 0 unspecified atom stereocenters. The van der Waals surface area contributed by atoms with Gasteiger partial charge in [0.25, 0.3) is 11.6 Å². The average molecular weight is 455 g/mol.